The van der Waals surface area contributed by atoms with Crippen molar-refractivity contribution in [3.63, 3.8) is 0 Å². The van der Waals surface area contributed by atoms with Crippen molar-refractivity contribution in [1.82, 2.24) is 10.4 Å². The molecule has 0 aliphatic rings. The molecule has 0 spiro atoms. The number of carbonyl (C=O) groups is 1. The van der Waals surface area contributed by atoms with E-state index in [0.29, 0.717) is 28.1 Å². The lowest BCUT2D eigenvalue weighted by molar-refractivity contribution is 0.0955. The minimum absolute atomic E-state index is 0.285. The third-order valence-electron chi connectivity index (χ3n) is 3.73. The number of benzene rings is 2. The minimum atomic E-state index is -0.335. The zero-order chi connectivity index (χ0) is 18.5. The van der Waals surface area contributed by atoms with Crippen LogP contribution in [0.5, 0.6) is 11.5 Å². The molecule has 0 fully saturated rings. The molecule has 2 aromatic carbocycles. The maximum Gasteiger partial charge on any atom is 0.271 e. The lowest BCUT2D eigenvalue weighted by Gasteiger charge is -2.05. The van der Waals surface area contributed by atoms with E-state index in [4.69, 9.17) is 21.1 Å². The van der Waals surface area contributed by atoms with Gasteiger partial charge in [0.05, 0.1) is 26.0 Å². The van der Waals surface area contributed by atoms with Gasteiger partial charge in [0.1, 0.15) is 16.7 Å². The highest BCUT2D eigenvalue weighted by molar-refractivity contribution is 6.32. The lowest BCUT2D eigenvalue weighted by Crippen LogP contribution is -2.17. The van der Waals surface area contributed by atoms with Gasteiger partial charge in [-0.25, -0.2) is 10.4 Å². The number of ether oxygens (including phenoxy) is 2. The number of pyridine rings is 1. The van der Waals surface area contributed by atoms with Crippen LogP contribution in [0.4, 0.5) is 0 Å². The summed E-state index contributed by atoms with van der Waals surface area (Å²) in [5, 5.41) is 5.13. The number of methoxy groups -OCH3 is 2. The van der Waals surface area contributed by atoms with Crippen LogP contribution in [0.25, 0.3) is 10.9 Å². The number of nitrogens with one attached hydrogen (secondary N) is 1. The van der Waals surface area contributed by atoms with E-state index in [1.807, 2.05) is 18.2 Å². The van der Waals surface area contributed by atoms with E-state index in [1.54, 1.807) is 44.6 Å². The van der Waals surface area contributed by atoms with Gasteiger partial charge >= 0.3 is 0 Å². The largest absolute Gasteiger partial charge is 0.497 e. The number of amides is 1. The number of carbonyl (C=O) groups excluding carboxylic acids is 1. The summed E-state index contributed by atoms with van der Waals surface area (Å²) in [6.07, 6.45) is 1.46. The molecule has 1 amide bonds. The van der Waals surface area contributed by atoms with Crippen LogP contribution in [-0.4, -0.2) is 31.3 Å². The molecule has 26 heavy (non-hydrogen) atoms. The summed E-state index contributed by atoms with van der Waals surface area (Å²) in [5.41, 5.74) is 4.24. The SMILES string of the molecule is COc1ccc(C(=O)N/N=C\c2cc3ccc(OC)cc3nc2Cl)cc1. The maximum atomic E-state index is 12.1. The number of hydrazone groups is 1. The summed E-state index contributed by atoms with van der Waals surface area (Å²) in [7, 11) is 3.16. The Kier molecular flexibility index (Phi) is 5.34. The second kappa shape index (κ2) is 7.84. The van der Waals surface area contributed by atoms with Gasteiger partial charge in [-0.3, -0.25) is 4.79 Å². The van der Waals surface area contributed by atoms with Gasteiger partial charge in [-0.2, -0.15) is 5.10 Å². The predicted molar refractivity (Wildman–Crippen MR) is 101 cm³/mol. The van der Waals surface area contributed by atoms with Gasteiger partial charge in [0.25, 0.3) is 5.91 Å². The van der Waals surface area contributed by atoms with Crippen LogP contribution in [-0.2, 0) is 0 Å². The first kappa shape index (κ1) is 17.7. The number of rotatable bonds is 5. The number of halogens is 1. The van der Waals surface area contributed by atoms with E-state index < -0.39 is 0 Å². The third-order valence-corrected chi connectivity index (χ3v) is 4.03. The van der Waals surface area contributed by atoms with Crippen LogP contribution in [0.15, 0.2) is 53.6 Å². The zero-order valence-corrected chi connectivity index (χ0v) is 14.9. The number of aromatic nitrogens is 1. The van der Waals surface area contributed by atoms with Gasteiger partial charge in [-0.1, -0.05) is 11.6 Å². The molecule has 0 unspecified atom stereocenters. The topological polar surface area (TPSA) is 72.8 Å². The molecule has 0 saturated carbocycles. The minimum Gasteiger partial charge on any atom is -0.497 e. The Hall–Kier alpha value is -3.12. The molecule has 6 nitrogen and oxygen atoms in total. The molecule has 3 aromatic rings. The van der Waals surface area contributed by atoms with Crippen molar-refractivity contribution >= 4 is 34.6 Å². The molecule has 1 heterocycles. The molecule has 132 valence electrons. The smallest absolute Gasteiger partial charge is 0.271 e. The van der Waals surface area contributed by atoms with Gasteiger partial charge in [0.2, 0.25) is 0 Å². The summed E-state index contributed by atoms with van der Waals surface area (Å²) >= 11 is 6.19. The molecule has 0 atom stereocenters. The van der Waals surface area contributed by atoms with Crippen molar-refractivity contribution in [3.05, 3.63) is 64.8 Å². The first-order valence-corrected chi connectivity index (χ1v) is 8.10. The quantitative estimate of drug-likeness (QED) is 0.423. The molecular formula is C19H16ClN3O3. The van der Waals surface area contributed by atoms with Crippen molar-refractivity contribution in [2.24, 2.45) is 5.10 Å². The molecule has 1 aromatic heterocycles. The average molecular weight is 370 g/mol. The van der Waals surface area contributed by atoms with Gasteiger partial charge in [-0.15, -0.1) is 0 Å². The second-order valence-electron chi connectivity index (χ2n) is 5.35. The number of hydrogen-bond donors (Lipinski definition) is 1. The molecule has 0 saturated heterocycles. The van der Waals surface area contributed by atoms with Crippen LogP contribution in [0.1, 0.15) is 15.9 Å². The molecule has 0 bridgehead atoms. The van der Waals surface area contributed by atoms with E-state index in [2.05, 4.69) is 15.5 Å². The highest BCUT2D eigenvalue weighted by Gasteiger charge is 2.06. The van der Waals surface area contributed by atoms with Crippen molar-refractivity contribution in [2.45, 2.75) is 0 Å². The van der Waals surface area contributed by atoms with Crippen molar-refractivity contribution < 1.29 is 14.3 Å². The normalized spacial score (nSPS) is 10.9. The first-order chi connectivity index (χ1) is 12.6. The number of nitrogens with zero attached hydrogens (tertiary/aromatic N) is 2. The Labute approximate surface area is 155 Å². The van der Waals surface area contributed by atoms with Crippen molar-refractivity contribution in [2.75, 3.05) is 14.2 Å². The first-order valence-electron chi connectivity index (χ1n) is 7.72. The fourth-order valence-electron chi connectivity index (χ4n) is 2.32. The van der Waals surface area contributed by atoms with E-state index in [-0.39, 0.29) is 11.1 Å². The summed E-state index contributed by atoms with van der Waals surface area (Å²) in [4.78, 5) is 16.4. The molecule has 0 aliphatic carbocycles. The monoisotopic (exact) mass is 369 g/mol. The molecular weight excluding hydrogens is 354 g/mol. The molecule has 0 aliphatic heterocycles. The molecule has 0 radical (unpaired) electrons. The van der Waals surface area contributed by atoms with Crippen LogP contribution < -0.4 is 14.9 Å². The Morgan fingerprint density at radius 3 is 2.46 bits per heavy atom. The Balaban J connectivity index is 1.75. The standard InChI is InChI=1S/C19H16ClN3O3/c1-25-15-6-3-12(4-7-15)19(24)23-21-11-14-9-13-5-8-16(26-2)10-17(13)22-18(14)20/h3-11H,1-2H3,(H,23,24)/b21-11-. The van der Waals surface area contributed by atoms with Crippen molar-refractivity contribution in [3.8, 4) is 11.5 Å². The van der Waals surface area contributed by atoms with Gasteiger partial charge in [0, 0.05) is 22.6 Å². The molecule has 3 rings (SSSR count). The summed E-state index contributed by atoms with van der Waals surface area (Å²) < 4.78 is 10.2. The summed E-state index contributed by atoms with van der Waals surface area (Å²) in [6, 6.07) is 14.1. The van der Waals surface area contributed by atoms with E-state index in [9.17, 15) is 4.79 Å². The predicted octanol–water partition coefficient (Wildman–Crippen LogP) is 3.67. The Morgan fingerprint density at radius 1 is 1.08 bits per heavy atom. The van der Waals surface area contributed by atoms with Crippen LogP contribution in [0.3, 0.4) is 0 Å². The lowest BCUT2D eigenvalue weighted by atomic mass is 10.1. The fourth-order valence-corrected chi connectivity index (χ4v) is 2.52. The van der Waals surface area contributed by atoms with Crippen LogP contribution >= 0.6 is 11.6 Å². The van der Waals surface area contributed by atoms with Gasteiger partial charge in [0.15, 0.2) is 0 Å². The highest BCUT2D eigenvalue weighted by atomic mass is 35.5. The fraction of sp³-hybridized carbons (Fsp3) is 0.105. The van der Waals surface area contributed by atoms with Crippen molar-refractivity contribution in [1.29, 1.82) is 0 Å². The van der Waals surface area contributed by atoms with Crippen LogP contribution in [0.2, 0.25) is 5.15 Å². The highest BCUT2D eigenvalue weighted by Crippen LogP contribution is 2.23. The molecule has 7 heteroatoms. The number of hydrogen-bond acceptors (Lipinski definition) is 5. The van der Waals surface area contributed by atoms with Gasteiger partial charge < -0.3 is 9.47 Å². The third kappa shape index (κ3) is 3.92. The van der Waals surface area contributed by atoms with E-state index in [1.165, 1.54) is 6.21 Å². The maximum absolute atomic E-state index is 12.1. The second-order valence-corrected chi connectivity index (χ2v) is 5.71. The Bertz CT molecular complexity index is 972. The van der Waals surface area contributed by atoms with Gasteiger partial charge in [-0.05, 0) is 42.5 Å². The summed E-state index contributed by atoms with van der Waals surface area (Å²) in [5.74, 6) is 1.04. The Morgan fingerprint density at radius 2 is 1.77 bits per heavy atom. The number of fused-ring (bicyclic) bond motifs is 1. The molecule has 1 N–H and O–H groups in total. The summed E-state index contributed by atoms with van der Waals surface area (Å²) in [6.45, 7) is 0. The average Bonchev–Trinajstić information content (AvgIpc) is 2.67. The zero-order valence-electron chi connectivity index (χ0n) is 14.2. The van der Waals surface area contributed by atoms with Crippen LogP contribution in [0, 0.1) is 0 Å². The van der Waals surface area contributed by atoms with E-state index >= 15 is 0 Å². The van der Waals surface area contributed by atoms with E-state index in [0.717, 1.165) is 5.39 Å².